The third-order valence-corrected chi connectivity index (χ3v) is 2.90. The van der Waals surface area contributed by atoms with Gasteiger partial charge in [0.2, 0.25) is 0 Å². The number of piperidine rings is 1. The normalized spacial score (nSPS) is 24.6. The third kappa shape index (κ3) is 3.65. The van der Waals surface area contributed by atoms with Gasteiger partial charge < -0.3 is 10.6 Å². The second-order valence-corrected chi connectivity index (χ2v) is 4.95. The van der Waals surface area contributed by atoms with Gasteiger partial charge in [0, 0.05) is 12.6 Å². The maximum atomic E-state index is 8.88. The summed E-state index contributed by atoms with van der Waals surface area (Å²) in [6, 6.07) is 2.68. The van der Waals surface area contributed by atoms with Gasteiger partial charge in [-0.15, -0.1) is 0 Å². The minimum absolute atomic E-state index is 0.193. The average Bonchev–Trinajstić information content (AvgIpc) is 2.15. The van der Waals surface area contributed by atoms with E-state index < -0.39 is 0 Å². The van der Waals surface area contributed by atoms with Gasteiger partial charge in [-0.05, 0) is 46.2 Å². The van der Waals surface area contributed by atoms with Gasteiger partial charge in [0.1, 0.15) is 0 Å². The van der Waals surface area contributed by atoms with E-state index in [0.29, 0.717) is 6.04 Å². The molecule has 0 radical (unpaired) electrons. The molecular weight excluding hydrogens is 174 g/mol. The molecule has 0 amide bonds. The van der Waals surface area contributed by atoms with Gasteiger partial charge in [-0.3, -0.25) is 0 Å². The molecule has 3 heteroatoms. The van der Waals surface area contributed by atoms with E-state index in [-0.39, 0.29) is 5.41 Å². The van der Waals surface area contributed by atoms with Crippen molar-refractivity contribution < 1.29 is 0 Å². The van der Waals surface area contributed by atoms with Crippen molar-refractivity contribution in [3.8, 4) is 6.07 Å². The van der Waals surface area contributed by atoms with Crippen LogP contribution in [0.3, 0.4) is 0 Å². The summed E-state index contributed by atoms with van der Waals surface area (Å²) >= 11 is 0. The van der Waals surface area contributed by atoms with E-state index in [0.717, 1.165) is 32.5 Å². The molecule has 0 unspecified atom stereocenters. The molecule has 14 heavy (non-hydrogen) atoms. The molecule has 1 fully saturated rings. The average molecular weight is 195 g/mol. The Morgan fingerprint density at radius 1 is 1.57 bits per heavy atom. The Morgan fingerprint density at radius 3 is 2.86 bits per heavy atom. The maximum absolute atomic E-state index is 8.88. The lowest BCUT2D eigenvalue weighted by atomic mass is 9.91. The fourth-order valence-corrected chi connectivity index (χ4v) is 1.79. The minimum Gasteiger partial charge on any atom is -0.327 e. The Labute approximate surface area is 86.9 Å². The summed E-state index contributed by atoms with van der Waals surface area (Å²) in [4.78, 5) is 2.38. The highest BCUT2D eigenvalue weighted by Crippen LogP contribution is 2.20. The Kier molecular flexibility index (Phi) is 3.91. The fourth-order valence-electron chi connectivity index (χ4n) is 1.79. The summed E-state index contributed by atoms with van der Waals surface area (Å²) in [5, 5.41) is 8.88. The number of rotatable bonds is 3. The maximum Gasteiger partial charge on any atom is 0.0684 e. The third-order valence-electron chi connectivity index (χ3n) is 2.90. The summed E-state index contributed by atoms with van der Waals surface area (Å²) in [5.41, 5.74) is 5.70. The SMILES string of the molecule is CC(C)(C#N)CCN1CCC[C@@H](N)C1. The summed E-state index contributed by atoms with van der Waals surface area (Å²) < 4.78 is 0. The van der Waals surface area contributed by atoms with Crippen molar-refractivity contribution in [2.45, 2.75) is 39.2 Å². The fraction of sp³-hybridized carbons (Fsp3) is 0.909. The van der Waals surface area contributed by atoms with Crippen LogP contribution >= 0.6 is 0 Å². The predicted molar refractivity (Wildman–Crippen MR) is 57.7 cm³/mol. The van der Waals surface area contributed by atoms with Gasteiger partial charge in [0.15, 0.2) is 0 Å². The molecule has 0 spiro atoms. The molecule has 1 aliphatic rings. The summed E-state index contributed by atoms with van der Waals surface area (Å²) in [5.74, 6) is 0. The highest BCUT2D eigenvalue weighted by molar-refractivity contribution is 4.92. The molecule has 0 aromatic heterocycles. The molecular formula is C11H21N3. The van der Waals surface area contributed by atoms with Gasteiger partial charge in [-0.1, -0.05) is 0 Å². The van der Waals surface area contributed by atoms with E-state index in [1.54, 1.807) is 0 Å². The quantitative estimate of drug-likeness (QED) is 0.739. The first kappa shape index (κ1) is 11.5. The number of nitrogens with zero attached hydrogens (tertiary/aromatic N) is 2. The van der Waals surface area contributed by atoms with Crippen LogP contribution in [0.1, 0.15) is 33.1 Å². The summed E-state index contributed by atoms with van der Waals surface area (Å²) in [7, 11) is 0. The molecule has 80 valence electrons. The van der Waals surface area contributed by atoms with Crippen molar-refractivity contribution in [1.29, 1.82) is 5.26 Å². The molecule has 0 aliphatic carbocycles. The monoisotopic (exact) mass is 195 g/mol. The van der Waals surface area contributed by atoms with Crippen molar-refractivity contribution >= 4 is 0 Å². The highest BCUT2D eigenvalue weighted by Gasteiger charge is 2.21. The van der Waals surface area contributed by atoms with Crippen molar-refractivity contribution in [2.24, 2.45) is 11.1 Å². The highest BCUT2D eigenvalue weighted by atomic mass is 15.1. The Hall–Kier alpha value is -0.590. The van der Waals surface area contributed by atoms with Gasteiger partial charge in [-0.25, -0.2) is 0 Å². The standard InChI is InChI=1S/C11H21N3/c1-11(2,9-12)5-7-14-6-3-4-10(13)8-14/h10H,3-8,13H2,1-2H3/t10-/m1/s1. The number of hydrogen-bond acceptors (Lipinski definition) is 3. The zero-order valence-corrected chi connectivity index (χ0v) is 9.29. The summed E-state index contributed by atoms with van der Waals surface area (Å²) in [6.07, 6.45) is 3.29. The van der Waals surface area contributed by atoms with Crippen LogP contribution in [-0.4, -0.2) is 30.6 Å². The van der Waals surface area contributed by atoms with Crippen LogP contribution in [0, 0.1) is 16.7 Å². The molecule has 1 heterocycles. The Bertz CT molecular complexity index is 217. The van der Waals surface area contributed by atoms with Crippen LogP contribution in [0.5, 0.6) is 0 Å². The van der Waals surface area contributed by atoms with Gasteiger partial charge in [0.05, 0.1) is 11.5 Å². The van der Waals surface area contributed by atoms with Crippen LogP contribution in [0.2, 0.25) is 0 Å². The molecule has 1 rings (SSSR count). The van der Waals surface area contributed by atoms with Gasteiger partial charge in [0.25, 0.3) is 0 Å². The first-order chi connectivity index (χ1) is 6.53. The first-order valence-corrected chi connectivity index (χ1v) is 5.43. The van der Waals surface area contributed by atoms with E-state index in [1.807, 2.05) is 13.8 Å². The topological polar surface area (TPSA) is 53.0 Å². The number of nitriles is 1. The first-order valence-electron chi connectivity index (χ1n) is 5.43. The van der Waals surface area contributed by atoms with Crippen molar-refractivity contribution in [3.05, 3.63) is 0 Å². The van der Waals surface area contributed by atoms with Crippen LogP contribution < -0.4 is 5.73 Å². The van der Waals surface area contributed by atoms with E-state index >= 15 is 0 Å². The van der Waals surface area contributed by atoms with E-state index in [4.69, 9.17) is 11.0 Å². The van der Waals surface area contributed by atoms with Crippen LogP contribution in [0.4, 0.5) is 0 Å². The molecule has 2 N–H and O–H groups in total. The van der Waals surface area contributed by atoms with E-state index in [9.17, 15) is 0 Å². The predicted octanol–water partition coefficient (Wildman–Crippen LogP) is 1.35. The number of nitrogens with two attached hydrogens (primary N) is 1. The van der Waals surface area contributed by atoms with Crippen molar-refractivity contribution in [2.75, 3.05) is 19.6 Å². The largest absolute Gasteiger partial charge is 0.327 e. The smallest absolute Gasteiger partial charge is 0.0684 e. The second-order valence-electron chi connectivity index (χ2n) is 4.95. The molecule has 0 bridgehead atoms. The number of likely N-dealkylation sites (tertiary alicyclic amines) is 1. The molecule has 0 aromatic rings. The molecule has 3 nitrogen and oxygen atoms in total. The van der Waals surface area contributed by atoms with Gasteiger partial charge >= 0.3 is 0 Å². The summed E-state index contributed by atoms with van der Waals surface area (Å²) in [6.45, 7) is 7.15. The lowest BCUT2D eigenvalue weighted by molar-refractivity contribution is 0.190. The lowest BCUT2D eigenvalue weighted by Gasteiger charge is -2.32. The minimum atomic E-state index is -0.193. The van der Waals surface area contributed by atoms with E-state index in [1.165, 1.54) is 6.42 Å². The van der Waals surface area contributed by atoms with Gasteiger partial charge in [-0.2, -0.15) is 5.26 Å². The molecule has 1 saturated heterocycles. The second kappa shape index (κ2) is 4.77. The zero-order valence-electron chi connectivity index (χ0n) is 9.29. The Morgan fingerprint density at radius 2 is 2.29 bits per heavy atom. The van der Waals surface area contributed by atoms with Crippen molar-refractivity contribution in [3.63, 3.8) is 0 Å². The van der Waals surface area contributed by atoms with Crippen LogP contribution in [0.25, 0.3) is 0 Å². The van der Waals surface area contributed by atoms with E-state index in [2.05, 4.69) is 11.0 Å². The molecule has 0 aromatic carbocycles. The zero-order chi connectivity index (χ0) is 10.6. The number of hydrogen-bond donors (Lipinski definition) is 1. The lowest BCUT2D eigenvalue weighted by Crippen LogP contribution is -2.43. The van der Waals surface area contributed by atoms with Crippen LogP contribution in [-0.2, 0) is 0 Å². The van der Waals surface area contributed by atoms with Crippen LogP contribution in [0.15, 0.2) is 0 Å². The molecule has 1 aliphatic heterocycles. The Balaban J connectivity index is 2.28. The molecule has 0 saturated carbocycles. The molecule has 1 atom stereocenters. The van der Waals surface area contributed by atoms with Crippen molar-refractivity contribution in [1.82, 2.24) is 4.90 Å².